The predicted octanol–water partition coefficient (Wildman–Crippen LogP) is -0.0512. The minimum absolute atomic E-state index is 0.00366. The molecular weight excluding hydrogens is 528 g/mol. The first-order valence-electron chi connectivity index (χ1n) is 12.5. The molecule has 13 nitrogen and oxygen atoms in total. The zero-order chi connectivity index (χ0) is 28.2. The SMILES string of the molecule is N[C@](CNC(=O)c1ccc(N2CCC(NC3=NCCCN3)CC2)c(O)c1)(C(=O)O)S(=O)(=O)c1ccc(O)cc1. The third-order valence-corrected chi connectivity index (χ3v) is 8.98. The summed E-state index contributed by atoms with van der Waals surface area (Å²) in [5, 5.41) is 38.6. The van der Waals surface area contributed by atoms with Crippen LogP contribution in [0.2, 0.25) is 0 Å². The van der Waals surface area contributed by atoms with Gasteiger partial charge in [0.25, 0.3) is 5.91 Å². The van der Waals surface area contributed by atoms with Gasteiger partial charge in [-0.05, 0) is 61.7 Å². The average molecular weight is 561 g/mol. The first-order chi connectivity index (χ1) is 18.5. The van der Waals surface area contributed by atoms with Crippen LogP contribution in [-0.4, -0.2) is 85.2 Å². The maximum absolute atomic E-state index is 13.0. The molecule has 14 heteroatoms. The Balaban J connectivity index is 1.39. The number of aromatic hydroxyl groups is 2. The number of phenolic OH excluding ortho intramolecular Hbond substituents is 2. The van der Waals surface area contributed by atoms with Gasteiger partial charge < -0.3 is 41.9 Å². The Labute approximate surface area is 225 Å². The second kappa shape index (κ2) is 11.4. The van der Waals surface area contributed by atoms with E-state index in [9.17, 15) is 33.3 Å². The molecule has 0 aromatic heterocycles. The van der Waals surface area contributed by atoms with E-state index >= 15 is 0 Å². The fourth-order valence-corrected chi connectivity index (χ4v) is 5.86. The molecule has 0 radical (unpaired) electrons. The summed E-state index contributed by atoms with van der Waals surface area (Å²) in [6.07, 6.45) is 2.67. The minimum Gasteiger partial charge on any atom is -0.508 e. The van der Waals surface area contributed by atoms with E-state index in [0.717, 1.165) is 62.6 Å². The molecule has 2 aromatic carbocycles. The number of hydrogen-bond acceptors (Lipinski definition) is 11. The van der Waals surface area contributed by atoms with Crippen LogP contribution in [-0.2, 0) is 14.6 Å². The second-order valence-electron chi connectivity index (χ2n) is 9.49. The Bertz CT molecular complexity index is 1360. The zero-order valence-electron chi connectivity index (χ0n) is 21.1. The molecule has 2 heterocycles. The van der Waals surface area contributed by atoms with E-state index in [1.807, 2.05) is 4.90 Å². The van der Waals surface area contributed by atoms with Gasteiger partial charge in [0.2, 0.25) is 14.7 Å². The molecule has 4 rings (SSSR count). The smallest absolute Gasteiger partial charge is 0.341 e. The van der Waals surface area contributed by atoms with Crippen molar-refractivity contribution < 1.29 is 33.3 Å². The fourth-order valence-electron chi connectivity index (χ4n) is 4.45. The first kappa shape index (κ1) is 28.0. The number of carbonyl (C=O) groups excluding carboxylic acids is 1. The lowest BCUT2D eigenvalue weighted by Gasteiger charge is -2.35. The van der Waals surface area contributed by atoms with Crippen molar-refractivity contribution in [2.24, 2.45) is 10.7 Å². The molecule has 1 amide bonds. The molecule has 210 valence electrons. The summed E-state index contributed by atoms with van der Waals surface area (Å²) in [5.74, 6) is -2.20. The Morgan fingerprint density at radius 1 is 1.13 bits per heavy atom. The van der Waals surface area contributed by atoms with Crippen molar-refractivity contribution in [3.05, 3.63) is 48.0 Å². The number of phenols is 2. The third kappa shape index (κ3) is 6.01. The van der Waals surface area contributed by atoms with Crippen molar-refractivity contribution in [3.63, 3.8) is 0 Å². The quantitative estimate of drug-likeness (QED) is 0.228. The van der Waals surface area contributed by atoms with E-state index in [1.165, 1.54) is 12.1 Å². The number of anilines is 1. The highest BCUT2D eigenvalue weighted by molar-refractivity contribution is 7.93. The highest BCUT2D eigenvalue weighted by Gasteiger charge is 2.49. The number of hydrogen-bond donors (Lipinski definition) is 7. The van der Waals surface area contributed by atoms with Gasteiger partial charge in [0.15, 0.2) is 5.96 Å². The lowest BCUT2D eigenvalue weighted by atomic mass is 10.0. The number of aliphatic carboxylic acids is 1. The number of carboxylic acid groups (broad SMARTS) is 1. The number of aliphatic imine (C=N–C) groups is 1. The van der Waals surface area contributed by atoms with Gasteiger partial charge in [-0.3, -0.25) is 9.79 Å². The Morgan fingerprint density at radius 3 is 2.41 bits per heavy atom. The number of amides is 1. The van der Waals surface area contributed by atoms with Crippen LogP contribution in [0, 0.1) is 0 Å². The molecule has 2 aliphatic heterocycles. The van der Waals surface area contributed by atoms with Gasteiger partial charge in [-0.2, -0.15) is 0 Å². The normalized spacial score (nSPS) is 17.9. The van der Waals surface area contributed by atoms with Crippen molar-refractivity contribution in [1.29, 1.82) is 0 Å². The van der Waals surface area contributed by atoms with E-state index in [4.69, 9.17) is 5.73 Å². The summed E-state index contributed by atoms with van der Waals surface area (Å²) in [6, 6.07) is 8.75. The fraction of sp³-hybridized carbons (Fsp3) is 0.400. The predicted molar refractivity (Wildman–Crippen MR) is 144 cm³/mol. The number of benzene rings is 2. The van der Waals surface area contributed by atoms with Crippen molar-refractivity contribution >= 4 is 33.4 Å². The van der Waals surface area contributed by atoms with Crippen LogP contribution in [0.3, 0.4) is 0 Å². The molecule has 1 atom stereocenters. The topological polar surface area (TPSA) is 207 Å². The van der Waals surface area contributed by atoms with E-state index in [1.54, 1.807) is 6.07 Å². The van der Waals surface area contributed by atoms with Crippen LogP contribution in [0.5, 0.6) is 11.5 Å². The molecule has 8 N–H and O–H groups in total. The van der Waals surface area contributed by atoms with Gasteiger partial charge >= 0.3 is 5.97 Å². The van der Waals surface area contributed by atoms with Gasteiger partial charge in [0.1, 0.15) is 11.5 Å². The largest absolute Gasteiger partial charge is 0.508 e. The molecule has 1 saturated heterocycles. The number of nitrogens with zero attached hydrogens (tertiary/aromatic N) is 2. The van der Waals surface area contributed by atoms with E-state index < -0.39 is 38.0 Å². The Kier molecular flexibility index (Phi) is 8.16. The van der Waals surface area contributed by atoms with Crippen molar-refractivity contribution in [2.45, 2.75) is 35.1 Å². The number of piperidine rings is 1. The molecule has 2 aliphatic rings. The van der Waals surface area contributed by atoms with Crippen molar-refractivity contribution in [3.8, 4) is 11.5 Å². The first-order valence-corrected chi connectivity index (χ1v) is 14.0. The zero-order valence-corrected chi connectivity index (χ0v) is 21.9. The summed E-state index contributed by atoms with van der Waals surface area (Å²) in [6.45, 7) is 2.11. The number of nitrogens with one attached hydrogen (secondary N) is 3. The highest BCUT2D eigenvalue weighted by atomic mass is 32.2. The molecule has 0 spiro atoms. The maximum Gasteiger partial charge on any atom is 0.341 e. The van der Waals surface area contributed by atoms with Crippen LogP contribution < -0.4 is 26.6 Å². The third-order valence-electron chi connectivity index (χ3n) is 6.81. The summed E-state index contributed by atoms with van der Waals surface area (Å²) in [4.78, 5) is 27.8. The highest BCUT2D eigenvalue weighted by Crippen LogP contribution is 2.31. The number of nitrogens with two attached hydrogens (primary N) is 1. The van der Waals surface area contributed by atoms with Gasteiger partial charge in [0, 0.05) is 37.8 Å². The van der Waals surface area contributed by atoms with Gasteiger partial charge in [-0.1, -0.05) is 0 Å². The molecule has 2 aromatic rings. The molecule has 0 unspecified atom stereocenters. The Morgan fingerprint density at radius 2 is 1.82 bits per heavy atom. The van der Waals surface area contributed by atoms with Crippen LogP contribution in [0.1, 0.15) is 29.6 Å². The Hall–Kier alpha value is -4.04. The molecule has 0 saturated carbocycles. The lowest BCUT2D eigenvalue weighted by Crippen LogP contribution is -2.61. The average Bonchev–Trinajstić information content (AvgIpc) is 2.92. The minimum atomic E-state index is -4.66. The van der Waals surface area contributed by atoms with Crippen LogP contribution >= 0.6 is 0 Å². The number of carbonyl (C=O) groups is 2. The van der Waals surface area contributed by atoms with Crippen LogP contribution in [0.4, 0.5) is 5.69 Å². The monoisotopic (exact) mass is 560 g/mol. The molecule has 0 aliphatic carbocycles. The van der Waals surface area contributed by atoms with E-state index in [0.29, 0.717) is 18.8 Å². The van der Waals surface area contributed by atoms with E-state index in [-0.39, 0.29) is 23.1 Å². The van der Waals surface area contributed by atoms with Crippen LogP contribution in [0.25, 0.3) is 0 Å². The number of guanidine groups is 1. The molecule has 0 bridgehead atoms. The molecule has 1 fully saturated rings. The summed E-state index contributed by atoms with van der Waals surface area (Å²) in [5.41, 5.74) is 6.35. The van der Waals surface area contributed by atoms with Crippen molar-refractivity contribution in [2.75, 3.05) is 37.6 Å². The van der Waals surface area contributed by atoms with Gasteiger partial charge in [0.05, 0.1) is 17.1 Å². The van der Waals surface area contributed by atoms with Gasteiger partial charge in [-0.25, -0.2) is 13.2 Å². The second-order valence-corrected chi connectivity index (χ2v) is 11.7. The summed E-state index contributed by atoms with van der Waals surface area (Å²) < 4.78 is 25.9. The standard InChI is InChI=1S/C25H32N6O7S/c26-25(23(35)36,39(37,38)19-5-3-18(32)4-6-19)15-29-22(34)16-2-7-20(21(33)14-16)31-12-8-17(9-13-31)30-24-27-10-1-11-28-24/h2-7,14,17,32-33H,1,8-13,15,26H2,(H,29,34)(H,35,36)(H2,27,28,30)/t25-/m0/s1. The number of sulfone groups is 1. The van der Waals surface area contributed by atoms with Crippen LogP contribution in [0.15, 0.2) is 52.4 Å². The molecular formula is C25H32N6O7S. The number of carboxylic acids is 1. The summed E-state index contributed by atoms with van der Waals surface area (Å²) in [7, 11) is -4.66. The van der Waals surface area contributed by atoms with Crippen molar-refractivity contribution in [1.82, 2.24) is 16.0 Å². The van der Waals surface area contributed by atoms with Gasteiger partial charge in [-0.15, -0.1) is 0 Å². The number of rotatable bonds is 8. The molecule has 39 heavy (non-hydrogen) atoms. The summed E-state index contributed by atoms with van der Waals surface area (Å²) >= 11 is 0. The maximum atomic E-state index is 13.0. The van der Waals surface area contributed by atoms with E-state index in [2.05, 4.69) is 20.9 Å². The lowest BCUT2D eigenvalue weighted by molar-refractivity contribution is -0.139.